The molecule has 0 aromatic carbocycles. The van der Waals surface area contributed by atoms with E-state index in [1.165, 1.54) is 0 Å². The highest BCUT2D eigenvalue weighted by Gasteiger charge is 2.31. The van der Waals surface area contributed by atoms with Crippen molar-refractivity contribution in [2.45, 2.75) is 57.5 Å². The Hall–Kier alpha value is -0.920. The number of rotatable bonds is 6. The molecule has 1 saturated carbocycles. The van der Waals surface area contributed by atoms with E-state index < -0.39 is 10.0 Å². The van der Waals surface area contributed by atoms with Crippen LogP contribution in [-0.2, 0) is 16.6 Å². The SMILES string of the molecule is CNCCn1nc(C)c(S(=O)(=O)NC2CCCC2C)c1C. The summed E-state index contributed by atoms with van der Waals surface area (Å²) in [5.74, 6) is 0.403. The quantitative estimate of drug-likeness (QED) is 0.827. The van der Waals surface area contributed by atoms with E-state index in [-0.39, 0.29) is 6.04 Å². The molecule has 2 N–H and O–H groups in total. The number of hydrogen-bond acceptors (Lipinski definition) is 4. The molecule has 0 saturated heterocycles. The number of hydrogen-bond donors (Lipinski definition) is 2. The van der Waals surface area contributed by atoms with Crippen LogP contribution in [0.25, 0.3) is 0 Å². The Morgan fingerprint density at radius 1 is 1.33 bits per heavy atom. The predicted molar refractivity (Wildman–Crippen MR) is 82.8 cm³/mol. The summed E-state index contributed by atoms with van der Waals surface area (Å²) in [5.41, 5.74) is 1.28. The molecule has 21 heavy (non-hydrogen) atoms. The first-order valence-electron chi connectivity index (χ1n) is 7.57. The average molecular weight is 314 g/mol. The lowest BCUT2D eigenvalue weighted by molar-refractivity contribution is 0.476. The average Bonchev–Trinajstić information content (AvgIpc) is 2.91. The van der Waals surface area contributed by atoms with E-state index in [1.54, 1.807) is 11.6 Å². The molecule has 1 heterocycles. The van der Waals surface area contributed by atoms with Crippen LogP contribution in [0.15, 0.2) is 4.90 Å². The molecule has 6 nitrogen and oxygen atoms in total. The van der Waals surface area contributed by atoms with Gasteiger partial charge < -0.3 is 5.32 Å². The molecule has 1 aromatic heterocycles. The van der Waals surface area contributed by atoms with Crippen LogP contribution in [0.3, 0.4) is 0 Å². The Morgan fingerprint density at radius 2 is 2.05 bits per heavy atom. The minimum absolute atomic E-state index is 0.0504. The van der Waals surface area contributed by atoms with Crippen molar-refractivity contribution in [3.05, 3.63) is 11.4 Å². The van der Waals surface area contributed by atoms with Gasteiger partial charge in [-0.1, -0.05) is 13.3 Å². The summed E-state index contributed by atoms with van der Waals surface area (Å²) in [5, 5.41) is 7.41. The number of nitrogens with one attached hydrogen (secondary N) is 2. The highest BCUT2D eigenvalue weighted by atomic mass is 32.2. The fourth-order valence-electron chi connectivity index (χ4n) is 3.08. The molecule has 0 aliphatic heterocycles. The Bertz CT molecular complexity index is 594. The first kappa shape index (κ1) is 16.5. The molecule has 1 aromatic rings. The fourth-order valence-corrected chi connectivity index (χ4v) is 4.87. The minimum Gasteiger partial charge on any atom is -0.318 e. The third-order valence-electron chi connectivity index (χ3n) is 4.33. The van der Waals surface area contributed by atoms with Crippen LogP contribution in [0.1, 0.15) is 37.6 Å². The lowest BCUT2D eigenvalue weighted by atomic mass is 10.1. The van der Waals surface area contributed by atoms with Gasteiger partial charge >= 0.3 is 0 Å². The third-order valence-corrected chi connectivity index (χ3v) is 6.07. The van der Waals surface area contributed by atoms with Crippen LogP contribution in [-0.4, -0.2) is 37.8 Å². The lowest BCUT2D eigenvalue weighted by Crippen LogP contribution is -2.36. The maximum absolute atomic E-state index is 12.7. The van der Waals surface area contributed by atoms with Crippen LogP contribution in [0.2, 0.25) is 0 Å². The van der Waals surface area contributed by atoms with Crippen molar-refractivity contribution in [1.82, 2.24) is 19.8 Å². The van der Waals surface area contributed by atoms with E-state index in [9.17, 15) is 8.42 Å². The highest BCUT2D eigenvalue weighted by Crippen LogP contribution is 2.27. The zero-order valence-corrected chi connectivity index (χ0v) is 14.1. The smallest absolute Gasteiger partial charge is 0.244 e. The molecule has 2 unspecified atom stereocenters. The van der Waals surface area contributed by atoms with Crippen molar-refractivity contribution in [3.63, 3.8) is 0 Å². The van der Waals surface area contributed by atoms with Gasteiger partial charge in [-0.05, 0) is 39.7 Å². The van der Waals surface area contributed by atoms with Gasteiger partial charge in [-0.15, -0.1) is 0 Å². The zero-order chi connectivity index (χ0) is 15.6. The number of aryl methyl sites for hydroxylation is 1. The van der Waals surface area contributed by atoms with Gasteiger partial charge in [-0.25, -0.2) is 13.1 Å². The molecule has 0 amide bonds. The Morgan fingerprint density at radius 3 is 2.62 bits per heavy atom. The second kappa shape index (κ2) is 6.46. The van der Waals surface area contributed by atoms with Crippen molar-refractivity contribution in [3.8, 4) is 0 Å². The number of likely N-dealkylation sites (N-methyl/N-ethyl adjacent to an activating group) is 1. The molecule has 0 spiro atoms. The summed E-state index contributed by atoms with van der Waals surface area (Å²) in [4.78, 5) is 0.345. The first-order chi connectivity index (χ1) is 9.86. The molecule has 0 radical (unpaired) electrons. The van der Waals surface area contributed by atoms with Crippen LogP contribution >= 0.6 is 0 Å². The molecular formula is C14H26N4O2S. The summed E-state index contributed by atoms with van der Waals surface area (Å²) in [6, 6.07) is 0.0504. The number of sulfonamides is 1. The second-order valence-electron chi connectivity index (χ2n) is 5.96. The van der Waals surface area contributed by atoms with E-state index in [0.717, 1.165) is 25.8 Å². The van der Waals surface area contributed by atoms with Gasteiger partial charge in [-0.2, -0.15) is 5.10 Å². The Kier molecular flexibility index (Phi) is 5.06. The van der Waals surface area contributed by atoms with Gasteiger partial charge in [0.05, 0.1) is 17.9 Å². The highest BCUT2D eigenvalue weighted by molar-refractivity contribution is 7.89. The largest absolute Gasteiger partial charge is 0.318 e. The Balaban J connectivity index is 2.25. The molecule has 1 aliphatic carbocycles. The van der Waals surface area contributed by atoms with Gasteiger partial charge in [0.1, 0.15) is 4.90 Å². The number of nitrogens with zero attached hydrogens (tertiary/aromatic N) is 2. The summed E-state index contributed by atoms with van der Waals surface area (Å²) in [6.07, 6.45) is 3.10. The van der Waals surface area contributed by atoms with Crippen LogP contribution in [0, 0.1) is 19.8 Å². The zero-order valence-electron chi connectivity index (χ0n) is 13.3. The summed E-state index contributed by atoms with van der Waals surface area (Å²) >= 11 is 0. The van der Waals surface area contributed by atoms with Gasteiger partial charge in [-0.3, -0.25) is 4.68 Å². The number of aromatic nitrogens is 2. The maximum Gasteiger partial charge on any atom is 0.244 e. The molecule has 2 rings (SSSR count). The third kappa shape index (κ3) is 3.46. The van der Waals surface area contributed by atoms with Gasteiger partial charge in [0.15, 0.2) is 0 Å². The fraction of sp³-hybridized carbons (Fsp3) is 0.786. The van der Waals surface area contributed by atoms with Crippen molar-refractivity contribution in [2.75, 3.05) is 13.6 Å². The normalized spacial score (nSPS) is 22.9. The molecular weight excluding hydrogens is 288 g/mol. The van der Waals surface area contributed by atoms with Gasteiger partial charge in [0, 0.05) is 12.6 Å². The Labute approximate surface area is 127 Å². The standard InChI is InChI=1S/C14H26N4O2S/c1-10-6-5-7-13(10)17-21(19,20)14-11(2)16-18(12(14)3)9-8-15-4/h10,13,15,17H,5-9H2,1-4H3. The molecule has 1 aliphatic rings. The maximum atomic E-state index is 12.7. The lowest BCUT2D eigenvalue weighted by Gasteiger charge is -2.17. The van der Waals surface area contributed by atoms with Crippen molar-refractivity contribution in [2.24, 2.45) is 5.92 Å². The monoisotopic (exact) mass is 314 g/mol. The summed E-state index contributed by atoms with van der Waals surface area (Å²) < 4.78 is 30.0. The van der Waals surface area contributed by atoms with Gasteiger partial charge in [0.2, 0.25) is 10.0 Å². The van der Waals surface area contributed by atoms with E-state index in [1.807, 2.05) is 14.0 Å². The topological polar surface area (TPSA) is 76.0 Å². The first-order valence-corrected chi connectivity index (χ1v) is 9.06. The van der Waals surface area contributed by atoms with Crippen LogP contribution in [0.4, 0.5) is 0 Å². The molecule has 120 valence electrons. The van der Waals surface area contributed by atoms with E-state index in [2.05, 4.69) is 22.1 Å². The van der Waals surface area contributed by atoms with E-state index >= 15 is 0 Å². The molecule has 1 fully saturated rings. The van der Waals surface area contributed by atoms with E-state index in [0.29, 0.717) is 28.7 Å². The van der Waals surface area contributed by atoms with Crippen LogP contribution in [0.5, 0.6) is 0 Å². The predicted octanol–water partition coefficient (Wildman–Crippen LogP) is 1.19. The molecule has 0 bridgehead atoms. The minimum atomic E-state index is -3.50. The van der Waals surface area contributed by atoms with Crippen molar-refractivity contribution in [1.29, 1.82) is 0 Å². The summed E-state index contributed by atoms with van der Waals surface area (Å²) in [7, 11) is -1.63. The van der Waals surface area contributed by atoms with Crippen molar-refractivity contribution < 1.29 is 8.42 Å². The van der Waals surface area contributed by atoms with Gasteiger partial charge in [0.25, 0.3) is 0 Å². The second-order valence-corrected chi connectivity index (χ2v) is 7.61. The van der Waals surface area contributed by atoms with Crippen LogP contribution < -0.4 is 10.0 Å². The molecule has 2 atom stereocenters. The van der Waals surface area contributed by atoms with Crippen molar-refractivity contribution >= 4 is 10.0 Å². The molecule has 7 heteroatoms. The van der Waals surface area contributed by atoms with E-state index in [4.69, 9.17) is 0 Å². The summed E-state index contributed by atoms with van der Waals surface area (Å²) in [6.45, 7) is 7.11.